The Morgan fingerprint density at radius 1 is 0.865 bits per heavy atom. The fraction of sp³-hybridized carbons (Fsp3) is 0.250. The molecule has 0 N–H and O–H groups in total. The third kappa shape index (κ3) is 4.85. The van der Waals surface area contributed by atoms with Crippen LogP contribution in [-0.4, -0.2) is 55.3 Å². The Morgan fingerprint density at radius 3 is 2.46 bits per heavy atom. The summed E-state index contributed by atoms with van der Waals surface area (Å²) < 4.78 is 31.1. The molecule has 1 aliphatic rings. The van der Waals surface area contributed by atoms with Crippen molar-refractivity contribution >= 4 is 27.5 Å². The highest BCUT2D eigenvalue weighted by molar-refractivity contribution is 7.79. The van der Waals surface area contributed by atoms with Gasteiger partial charge < -0.3 is 9.29 Å². The summed E-state index contributed by atoms with van der Waals surface area (Å²) in [5.41, 5.74) is 4.23. The molecule has 6 rings (SSSR count). The van der Waals surface area contributed by atoms with E-state index in [1.54, 1.807) is 29.2 Å². The molecular weight excluding hydrogens is 486 g/mol. The maximum Gasteiger partial charge on any atom is 0.213 e. The van der Waals surface area contributed by atoms with E-state index >= 15 is 0 Å². The van der Waals surface area contributed by atoms with E-state index in [1.165, 1.54) is 19.3 Å². The first-order chi connectivity index (χ1) is 18.2. The quantitative estimate of drug-likeness (QED) is 0.231. The average molecular weight is 514 g/mol. The highest BCUT2D eigenvalue weighted by atomic mass is 32.2. The Kier molecular flexibility index (Phi) is 6.65. The SMILES string of the molecule is O=[SH+]([O-])c1ccc(-c2cnn3cc(-c4ccc(OCCN5CCCCC5)nc4)cnc23)c2ccccc12. The average Bonchev–Trinajstić information content (AvgIpc) is 3.36. The molecule has 0 spiro atoms. The van der Waals surface area contributed by atoms with Crippen LogP contribution >= 0.6 is 0 Å². The van der Waals surface area contributed by atoms with E-state index < -0.39 is 11.1 Å². The van der Waals surface area contributed by atoms with Crippen LogP contribution in [0.4, 0.5) is 0 Å². The fourth-order valence-electron chi connectivity index (χ4n) is 4.99. The summed E-state index contributed by atoms with van der Waals surface area (Å²) in [5, 5.41) is 6.07. The number of piperidine rings is 1. The van der Waals surface area contributed by atoms with Crippen LogP contribution in [0.5, 0.6) is 5.88 Å². The second-order valence-electron chi connectivity index (χ2n) is 9.24. The normalized spacial score (nSPS) is 15.3. The molecule has 9 heteroatoms. The molecule has 1 fully saturated rings. The van der Waals surface area contributed by atoms with Gasteiger partial charge in [0.1, 0.15) is 6.61 Å². The molecule has 1 aliphatic heterocycles. The predicted molar refractivity (Wildman–Crippen MR) is 143 cm³/mol. The minimum Gasteiger partial charge on any atom is -0.612 e. The molecule has 2 aromatic carbocycles. The molecular formula is C28H27N5O3S. The van der Waals surface area contributed by atoms with Crippen molar-refractivity contribution in [2.24, 2.45) is 0 Å². The molecule has 5 aromatic rings. The second kappa shape index (κ2) is 10.4. The van der Waals surface area contributed by atoms with E-state index in [4.69, 9.17) is 9.72 Å². The molecule has 1 saturated heterocycles. The van der Waals surface area contributed by atoms with Crippen LogP contribution < -0.4 is 4.74 Å². The zero-order chi connectivity index (χ0) is 25.2. The Balaban J connectivity index is 1.23. The minimum absolute atomic E-state index is 0.312. The maximum atomic E-state index is 11.7. The number of nitrogens with zero attached hydrogens (tertiary/aromatic N) is 5. The number of fused-ring (bicyclic) bond motifs is 2. The van der Waals surface area contributed by atoms with Gasteiger partial charge in [-0.3, -0.25) is 4.90 Å². The number of aromatic nitrogens is 4. The summed E-state index contributed by atoms with van der Waals surface area (Å²) in [4.78, 5) is 11.9. The molecule has 0 bridgehead atoms. The van der Waals surface area contributed by atoms with Gasteiger partial charge in [-0.05, 0) is 61.1 Å². The van der Waals surface area contributed by atoms with Gasteiger partial charge in [0.25, 0.3) is 0 Å². The largest absolute Gasteiger partial charge is 0.612 e. The van der Waals surface area contributed by atoms with E-state index in [0.29, 0.717) is 28.4 Å². The minimum atomic E-state index is -2.69. The van der Waals surface area contributed by atoms with Crippen molar-refractivity contribution in [3.05, 3.63) is 73.3 Å². The smallest absolute Gasteiger partial charge is 0.213 e. The van der Waals surface area contributed by atoms with Crippen LogP contribution in [-0.2, 0) is 15.3 Å². The van der Waals surface area contributed by atoms with Crippen LogP contribution in [0.1, 0.15) is 19.3 Å². The third-order valence-corrected chi connectivity index (χ3v) is 7.70. The summed E-state index contributed by atoms with van der Waals surface area (Å²) in [6.07, 6.45) is 11.2. The van der Waals surface area contributed by atoms with Gasteiger partial charge in [0.15, 0.2) is 10.5 Å². The van der Waals surface area contributed by atoms with Gasteiger partial charge in [-0.1, -0.05) is 24.6 Å². The lowest BCUT2D eigenvalue weighted by atomic mass is 10.00. The highest BCUT2D eigenvalue weighted by Crippen LogP contribution is 2.34. The summed E-state index contributed by atoms with van der Waals surface area (Å²) in [7, 11) is 0. The number of rotatable bonds is 7. The molecule has 0 aliphatic carbocycles. The van der Waals surface area contributed by atoms with Crippen LogP contribution in [0.3, 0.4) is 0 Å². The van der Waals surface area contributed by atoms with E-state index in [9.17, 15) is 8.76 Å². The van der Waals surface area contributed by atoms with E-state index in [2.05, 4.69) is 15.0 Å². The Bertz CT molecular complexity index is 1580. The van der Waals surface area contributed by atoms with E-state index in [-0.39, 0.29) is 0 Å². The molecule has 1 unspecified atom stereocenters. The van der Waals surface area contributed by atoms with Gasteiger partial charge in [-0.2, -0.15) is 5.10 Å². The van der Waals surface area contributed by atoms with Crippen LogP contribution in [0, 0.1) is 0 Å². The Labute approximate surface area is 217 Å². The van der Waals surface area contributed by atoms with Crippen molar-refractivity contribution in [1.82, 2.24) is 24.5 Å². The van der Waals surface area contributed by atoms with Crippen molar-refractivity contribution in [1.29, 1.82) is 0 Å². The summed E-state index contributed by atoms with van der Waals surface area (Å²) >= 11 is -2.69. The predicted octanol–water partition coefficient (Wildman–Crippen LogP) is 4.66. The second-order valence-corrected chi connectivity index (χ2v) is 10.2. The van der Waals surface area contributed by atoms with Crippen molar-refractivity contribution < 1.29 is 13.5 Å². The lowest BCUT2D eigenvalue weighted by Gasteiger charge is -2.26. The summed E-state index contributed by atoms with van der Waals surface area (Å²) in [6, 6.07) is 14.8. The molecule has 4 heterocycles. The standard InChI is InChI=1S/C28H27N5O3S/c34-37(35)26-10-9-23(22-6-2-3-7-24(22)26)25-18-31-33-19-21(17-30-28(25)33)20-8-11-27(29-16-20)36-15-14-32-12-4-1-5-13-32/h2-3,6-11,16-19,37H,1,4-5,12-15H2. The molecule has 188 valence electrons. The number of pyridine rings is 1. The molecule has 8 nitrogen and oxygen atoms in total. The van der Waals surface area contributed by atoms with Crippen LogP contribution in [0.15, 0.2) is 78.2 Å². The van der Waals surface area contributed by atoms with Crippen LogP contribution in [0.25, 0.3) is 38.7 Å². The molecule has 0 amide bonds. The van der Waals surface area contributed by atoms with Gasteiger partial charge in [0.2, 0.25) is 5.88 Å². The first kappa shape index (κ1) is 23.7. The van der Waals surface area contributed by atoms with E-state index in [1.807, 2.05) is 48.7 Å². The first-order valence-electron chi connectivity index (χ1n) is 12.5. The molecule has 37 heavy (non-hydrogen) atoms. The van der Waals surface area contributed by atoms with Crippen molar-refractivity contribution in [3.8, 4) is 28.1 Å². The lowest BCUT2D eigenvalue weighted by Crippen LogP contribution is -2.33. The fourth-order valence-corrected chi connectivity index (χ4v) is 5.58. The third-order valence-electron chi connectivity index (χ3n) is 6.92. The molecule has 1 atom stereocenters. The van der Waals surface area contributed by atoms with Crippen molar-refractivity contribution in [3.63, 3.8) is 0 Å². The summed E-state index contributed by atoms with van der Waals surface area (Å²) in [6.45, 7) is 3.88. The molecule has 0 radical (unpaired) electrons. The van der Waals surface area contributed by atoms with Crippen molar-refractivity contribution in [2.45, 2.75) is 24.2 Å². The number of hydrogen-bond acceptors (Lipinski definition) is 7. The van der Waals surface area contributed by atoms with E-state index in [0.717, 1.165) is 47.3 Å². The number of likely N-dealkylation sites (tertiary alicyclic amines) is 1. The van der Waals surface area contributed by atoms with Gasteiger partial charge in [-0.15, -0.1) is 4.21 Å². The molecule has 3 aromatic heterocycles. The maximum absolute atomic E-state index is 11.7. The highest BCUT2D eigenvalue weighted by Gasteiger charge is 2.16. The summed E-state index contributed by atoms with van der Waals surface area (Å²) in [5.74, 6) is 0.617. The number of hydrogen-bond donors (Lipinski definition) is 0. The Hall–Kier alpha value is -3.66. The monoisotopic (exact) mass is 513 g/mol. The van der Waals surface area contributed by atoms with Gasteiger partial charge in [-0.25, -0.2) is 14.5 Å². The number of ether oxygens (including phenoxy) is 1. The van der Waals surface area contributed by atoms with Gasteiger partial charge in [0, 0.05) is 53.3 Å². The zero-order valence-corrected chi connectivity index (χ0v) is 21.2. The zero-order valence-electron chi connectivity index (χ0n) is 20.3. The molecule has 0 saturated carbocycles. The van der Waals surface area contributed by atoms with Crippen LogP contribution in [0.2, 0.25) is 0 Å². The number of thiol groups is 1. The first-order valence-corrected chi connectivity index (χ1v) is 13.7. The van der Waals surface area contributed by atoms with Gasteiger partial charge in [0.05, 0.1) is 17.3 Å². The topological polar surface area (TPSA) is 95.7 Å². The number of benzene rings is 2. The Morgan fingerprint density at radius 2 is 1.68 bits per heavy atom. The van der Waals surface area contributed by atoms with Gasteiger partial charge >= 0.3 is 0 Å². The lowest BCUT2D eigenvalue weighted by molar-refractivity contribution is 0.180. The van der Waals surface area contributed by atoms with Crippen molar-refractivity contribution in [2.75, 3.05) is 26.2 Å².